The average Bonchev–Trinajstić information content (AvgIpc) is 2.36. The highest BCUT2D eigenvalue weighted by Crippen LogP contribution is 2.23. The fourth-order valence-electron chi connectivity index (χ4n) is 1.99. The van der Waals surface area contributed by atoms with Gasteiger partial charge in [-0.1, -0.05) is 13.3 Å². The summed E-state index contributed by atoms with van der Waals surface area (Å²) in [5.41, 5.74) is 0.483. The molecule has 1 saturated heterocycles. The van der Waals surface area contributed by atoms with E-state index >= 15 is 0 Å². The molecule has 1 heterocycles. The summed E-state index contributed by atoms with van der Waals surface area (Å²) in [6.45, 7) is 1.90. The summed E-state index contributed by atoms with van der Waals surface area (Å²) in [6.07, 6.45) is 1.15. The molecule has 100 valence electrons. The van der Waals surface area contributed by atoms with Crippen LogP contribution in [0.1, 0.15) is 19.8 Å². The topological polar surface area (TPSA) is 66.5 Å². The molecule has 4 amide bonds. The van der Waals surface area contributed by atoms with Crippen LogP contribution in [0.2, 0.25) is 0 Å². The number of anilines is 1. The van der Waals surface area contributed by atoms with Gasteiger partial charge in [0.1, 0.15) is 5.92 Å². The molecule has 1 unspecified atom stereocenters. The van der Waals surface area contributed by atoms with E-state index in [0.29, 0.717) is 18.5 Å². The highest BCUT2D eigenvalue weighted by molar-refractivity contribution is 14.1. The second kappa shape index (κ2) is 5.68. The molecule has 0 aliphatic carbocycles. The monoisotopic (exact) mass is 372 g/mol. The van der Waals surface area contributed by atoms with Crippen LogP contribution >= 0.6 is 22.6 Å². The van der Waals surface area contributed by atoms with Gasteiger partial charge in [0.25, 0.3) is 0 Å². The number of rotatable bonds is 3. The molecular weight excluding hydrogens is 359 g/mol. The number of nitrogens with one attached hydrogen (secondary N) is 1. The second-order valence-corrected chi connectivity index (χ2v) is 5.53. The van der Waals surface area contributed by atoms with Crippen molar-refractivity contribution in [1.82, 2.24) is 5.32 Å². The summed E-state index contributed by atoms with van der Waals surface area (Å²) in [5.74, 6) is -1.72. The fraction of sp³-hybridized carbons (Fsp3) is 0.308. The van der Waals surface area contributed by atoms with Gasteiger partial charge in [-0.05, 0) is 53.3 Å². The lowest BCUT2D eigenvalue weighted by molar-refractivity contribution is -0.134. The summed E-state index contributed by atoms with van der Waals surface area (Å²) in [7, 11) is 0. The summed E-state index contributed by atoms with van der Waals surface area (Å²) in [6, 6.07) is 6.32. The van der Waals surface area contributed by atoms with Crippen molar-refractivity contribution >= 4 is 46.1 Å². The lowest BCUT2D eigenvalue weighted by Crippen LogP contribution is -2.58. The highest BCUT2D eigenvalue weighted by Gasteiger charge is 2.40. The van der Waals surface area contributed by atoms with Crippen molar-refractivity contribution in [3.05, 3.63) is 27.8 Å². The molecule has 1 aromatic rings. The van der Waals surface area contributed by atoms with Crippen LogP contribution in [-0.2, 0) is 9.59 Å². The largest absolute Gasteiger partial charge is 0.335 e. The number of benzene rings is 1. The van der Waals surface area contributed by atoms with Crippen LogP contribution in [0.25, 0.3) is 0 Å². The zero-order valence-corrected chi connectivity index (χ0v) is 12.5. The number of amides is 4. The molecule has 0 bridgehead atoms. The van der Waals surface area contributed by atoms with E-state index < -0.39 is 23.8 Å². The third-order valence-electron chi connectivity index (χ3n) is 2.93. The molecule has 1 atom stereocenters. The Balaban J connectivity index is 2.33. The van der Waals surface area contributed by atoms with Crippen LogP contribution in [0.15, 0.2) is 24.3 Å². The smallest absolute Gasteiger partial charge is 0.277 e. The lowest BCUT2D eigenvalue weighted by Gasteiger charge is -2.30. The number of hydrogen-bond acceptors (Lipinski definition) is 3. The second-order valence-electron chi connectivity index (χ2n) is 4.29. The van der Waals surface area contributed by atoms with Gasteiger partial charge in [0.15, 0.2) is 0 Å². The number of nitrogens with zero attached hydrogens (tertiary/aromatic N) is 1. The summed E-state index contributed by atoms with van der Waals surface area (Å²) >= 11 is 2.14. The first-order valence-electron chi connectivity index (χ1n) is 5.99. The Kier molecular flexibility index (Phi) is 4.18. The van der Waals surface area contributed by atoms with E-state index in [1.807, 2.05) is 19.1 Å². The Hall–Kier alpha value is -1.44. The summed E-state index contributed by atoms with van der Waals surface area (Å²) in [4.78, 5) is 36.8. The zero-order chi connectivity index (χ0) is 14.0. The number of urea groups is 1. The number of carbonyl (C=O) groups is 3. The van der Waals surface area contributed by atoms with Gasteiger partial charge in [0.2, 0.25) is 11.8 Å². The van der Waals surface area contributed by atoms with Gasteiger partial charge < -0.3 is 0 Å². The SMILES string of the molecule is CCCC1C(=O)NC(=O)N(c2ccc(I)cc2)C1=O. The average molecular weight is 372 g/mol. The van der Waals surface area contributed by atoms with Gasteiger partial charge in [-0.3, -0.25) is 14.9 Å². The van der Waals surface area contributed by atoms with Crippen molar-refractivity contribution in [3.63, 3.8) is 0 Å². The fourth-order valence-corrected chi connectivity index (χ4v) is 2.35. The molecule has 2 rings (SSSR count). The molecule has 1 fully saturated rings. The van der Waals surface area contributed by atoms with Crippen molar-refractivity contribution in [2.24, 2.45) is 5.92 Å². The molecule has 1 aliphatic heterocycles. The minimum absolute atomic E-state index is 0.443. The lowest BCUT2D eigenvalue weighted by atomic mass is 9.99. The number of barbiturate groups is 1. The molecule has 0 radical (unpaired) electrons. The van der Waals surface area contributed by atoms with Gasteiger partial charge in [0, 0.05) is 3.57 Å². The molecule has 0 saturated carbocycles. The quantitative estimate of drug-likeness (QED) is 0.654. The molecule has 1 N–H and O–H groups in total. The maximum atomic E-state index is 12.3. The predicted octanol–water partition coefficient (Wildman–Crippen LogP) is 2.29. The van der Waals surface area contributed by atoms with Crippen molar-refractivity contribution in [1.29, 1.82) is 0 Å². The third-order valence-corrected chi connectivity index (χ3v) is 3.65. The first-order chi connectivity index (χ1) is 9.04. The summed E-state index contributed by atoms with van der Waals surface area (Å²) in [5, 5.41) is 2.23. The van der Waals surface area contributed by atoms with Crippen LogP contribution in [0.4, 0.5) is 10.5 Å². The Morgan fingerprint density at radius 3 is 2.42 bits per heavy atom. The van der Waals surface area contributed by atoms with E-state index in [1.54, 1.807) is 12.1 Å². The van der Waals surface area contributed by atoms with Gasteiger partial charge >= 0.3 is 6.03 Å². The summed E-state index contributed by atoms with van der Waals surface area (Å²) < 4.78 is 1.01. The minimum atomic E-state index is -0.776. The maximum Gasteiger partial charge on any atom is 0.335 e. The first kappa shape index (κ1) is 14.0. The Bertz CT molecular complexity index is 527. The predicted molar refractivity (Wildman–Crippen MR) is 78.6 cm³/mol. The molecule has 0 spiro atoms. The number of hydrogen-bond donors (Lipinski definition) is 1. The van der Waals surface area contributed by atoms with Crippen molar-refractivity contribution < 1.29 is 14.4 Å². The molecule has 5 nitrogen and oxygen atoms in total. The number of halogens is 1. The van der Waals surface area contributed by atoms with Crippen molar-refractivity contribution in [3.8, 4) is 0 Å². The van der Waals surface area contributed by atoms with Gasteiger partial charge in [-0.2, -0.15) is 0 Å². The molecule has 6 heteroatoms. The van der Waals surface area contributed by atoms with Crippen LogP contribution in [0.5, 0.6) is 0 Å². The van der Waals surface area contributed by atoms with Crippen molar-refractivity contribution in [2.75, 3.05) is 4.90 Å². The Morgan fingerprint density at radius 2 is 1.84 bits per heavy atom. The van der Waals surface area contributed by atoms with E-state index in [4.69, 9.17) is 0 Å². The van der Waals surface area contributed by atoms with Gasteiger partial charge in [-0.25, -0.2) is 9.69 Å². The molecule has 19 heavy (non-hydrogen) atoms. The standard InChI is InChI=1S/C13H13IN2O3/c1-2-3-10-11(17)15-13(19)16(12(10)18)9-6-4-8(14)5-7-9/h4-7,10H,2-3H2,1H3,(H,15,17,19). The van der Waals surface area contributed by atoms with Crippen LogP contribution in [0.3, 0.4) is 0 Å². The van der Waals surface area contributed by atoms with E-state index in [0.717, 1.165) is 8.47 Å². The van der Waals surface area contributed by atoms with Crippen LogP contribution in [0, 0.1) is 9.49 Å². The van der Waals surface area contributed by atoms with Crippen LogP contribution < -0.4 is 10.2 Å². The number of carbonyl (C=O) groups excluding carboxylic acids is 3. The van der Waals surface area contributed by atoms with E-state index in [2.05, 4.69) is 27.9 Å². The Labute approximate surface area is 124 Å². The normalized spacial score (nSPS) is 19.6. The first-order valence-corrected chi connectivity index (χ1v) is 7.06. The third kappa shape index (κ3) is 2.78. The molecule has 0 aromatic heterocycles. The number of imide groups is 2. The van der Waals surface area contributed by atoms with Gasteiger partial charge in [-0.15, -0.1) is 0 Å². The zero-order valence-electron chi connectivity index (χ0n) is 10.4. The highest BCUT2D eigenvalue weighted by atomic mass is 127. The maximum absolute atomic E-state index is 12.3. The van der Waals surface area contributed by atoms with E-state index in [9.17, 15) is 14.4 Å². The minimum Gasteiger partial charge on any atom is -0.277 e. The Morgan fingerprint density at radius 1 is 1.21 bits per heavy atom. The van der Waals surface area contributed by atoms with E-state index in [1.165, 1.54) is 0 Å². The van der Waals surface area contributed by atoms with Crippen molar-refractivity contribution in [2.45, 2.75) is 19.8 Å². The van der Waals surface area contributed by atoms with E-state index in [-0.39, 0.29) is 0 Å². The molecular formula is C13H13IN2O3. The molecule has 1 aliphatic rings. The molecule has 1 aromatic carbocycles. The van der Waals surface area contributed by atoms with Gasteiger partial charge in [0.05, 0.1) is 5.69 Å². The van der Waals surface area contributed by atoms with Crippen LogP contribution in [-0.4, -0.2) is 17.8 Å².